The molecule has 0 bridgehead atoms. The average molecular weight is 340 g/mol. The quantitative estimate of drug-likeness (QED) is 0.771. The molecule has 3 saturated heterocycles. The van der Waals surface area contributed by atoms with Gasteiger partial charge < -0.3 is 15.1 Å². The topological polar surface area (TPSA) is 55.9 Å². The standard InChI is InChI=1S/C16H28N4O2S/c21-15(11-14-13-23-10-3-17-14)19-6-8-20(9-7-19)16(22)12-18-4-1-2-5-18/h14,17H,1-13H2. The molecular formula is C16H28N4O2S. The highest BCUT2D eigenvalue weighted by molar-refractivity contribution is 7.99. The van der Waals surface area contributed by atoms with Crippen LogP contribution in [-0.2, 0) is 9.59 Å². The molecule has 23 heavy (non-hydrogen) atoms. The molecule has 0 aromatic carbocycles. The van der Waals surface area contributed by atoms with E-state index in [2.05, 4.69) is 10.2 Å². The van der Waals surface area contributed by atoms with Crippen molar-refractivity contribution in [1.29, 1.82) is 0 Å². The third-order valence-corrected chi connectivity index (χ3v) is 6.09. The molecule has 0 saturated carbocycles. The monoisotopic (exact) mass is 340 g/mol. The summed E-state index contributed by atoms with van der Waals surface area (Å²) in [6, 6.07) is 0.316. The fraction of sp³-hybridized carbons (Fsp3) is 0.875. The maximum Gasteiger partial charge on any atom is 0.236 e. The zero-order valence-electron chi connectivity index (χ0n) is 13.8. The normalized spacial score (nSPS) is 26.5. The van der Waals surface area contributed by atoms with Crippen molar-refractivity contribution in [2.24, 2.45) is 0 Å². The number of thioether (sulfide) groups is 1. The van der Waals surface area contributed by atoms with E-state index < -0.39 is 0 Å². The molecule has 3 rings (SSSR count). The Morgan fingerprint density at radius 2 is 1.61 bits per heavy atom. The van der Waals surface area contributed by atoms with Gasteiger partial charge in [-0.1, -0.05) is 0 Å². The number of likely N-dealkylation sites (tertiary alicyclic amines) is 1. The van der Waals surface area contributed by atoms with Crippen molar-refractivity contribution in [3.8, 4) is 0 Å². The summed E-state index contributed by atoms with van der Waals surface area (Å²) < 4.78 is 0. The third kappa shape index (κ3) is 4.84. The number of carbonyl (C=O) groups excluding carboxylic acids is 2. The molecule has 1 N–H and O–H groups in total. The number of carbonyl (C=O) groups is 2. The van der Waals surface area contributed by atoms with Crippen LogP contribution in [0.3, 0.4) is 0 Å². The van der Waals surface area contributed by atoms with E-state index >= 15 is 0 Å². The van der Waals surface area contributed by atoms with Gasteiger partial charge in [-0.05, 0) is 25.9 Å². The number of piperazine rings is 1. The van der Waals surface area contributed by atoms with Crippen LogP contribution in [0.5, 0.6) is 0 Å². The van der Waals surface area contributed by atoms with E-state index in [1.165, 1.54) is 12.8 Å². The summed E-state index contributed by atoms with van der Waals surface area (Å²) in [4.78, 5) is 30.8. The molecule has 3 aliphatic rings. The van der Waals surface area contributed by atoms with Crippen molar-refractivity contribution in [2.75, 3.05) is 63.9 Å². The Bertz CT molecular complexity index is 414. The second kappa shape index (κ2) is 8.35. The van der Waals surface area contributed by atoms with Gasteiger partial charge in [-0.25, -0.2) is 0 Å². The lowest BCUT2D eigenvalue weighted by molar-refractivity contribution is -0.140. The van der Waals surface area contributed by atoms with E-state index in [1.807, 2.05) is 21.6 Å². The molecule has 3 heterocycles. The first kappa shape index (κ1) is 17.0. The van der Waals surface area contributed by atoms with Gasteiger partial charge in [0.05, 0.1) is 6.54 Å². The van der Waals surface area contributed by atoms with Crippen molar-refractivity contribution in [2.45, 2.75) is 25.3 Å². The molecule has 0 aromatic rings. The molecule has 0 aromatic heterocycles. The van der Waals surface area contributed by atoms with E-state index in [4.69, 9.17) is 0 Å². The van der Waals surface area contributed by atoms with Crippen LogP contribution in [0.25, 0.3) is 0 Å². The van der Waals surface area contributed by atoms with Gasteiger partial charge in [-0.3, -0.25) is 14.5 Å². The number of amides is 2. The third-order valence-electron chi connectivity index (χ3n) is 4.96. The van der Waals surface area contributed by atoms with E-state index in [9.17, 15) is 9.59 Å². The second-order valence-electron chi connectivity index (χ2n) is 6.67. The fourth-order valence-corrected chi connectivity index (χ4v) is 4.48. The maximum atomic E-state index is 12.4. The molecule has 3 fully saturated rings. The second-order valence-corrected chi connectivity index (χ2v) is 7.82. The van der Waals surface area contributed by atoms with Gasteiger partial charge in [0.25, 0.3) is 0 Å². The number of hydrogen-bond acceptors (Lipinski definition) is 5. The maximum absolute atomic E-state index is 12.4. The smallest absolute Gasteiger partial charge is 0.236 e. The SMILES string of the molecule is O=C(CC1CSCCN1)N1CCN(C(=O)CN2CCCC2)CC1. The molecule has 3 aliphatic heterocycles. The minimum atomic E-state index is 0.226. The van der Waals surface area contributed by atoms with Crippen molar-refractivity contribution in [1.82, 2.24) is 20.0 Å². The van der Waals surface area contributed by atoms with Gasteiger partial charge in [0.15, 0.2) is 0 Å². The van der Waals surface area contributed by atoms with Crippen LogP contribution in [-0.4, -0.2) is 96.4 Å². The molecule has 2 amide bonds. The first-order valence-electron chi connectivity index (χ1n) is 8.81. The molecule has 1 unspecified atom stereocenters. The first-order chi connectivity index (χ1) is 11.2. The van der Waals surface area contributed by atoms with Crippen LogP contribution in [0.4, 0.5) is 0 Å². The highest BCUT2D eigenvalue weighted by atomic mass is 32.2. The highest BCUT2D eigenvalue weighted by Crippen LogP contribution is 2.13. The van der Waals surface area contributed by atoms with Gasteiger partial charge in [-0.15, -0.1) is 0 Å². The van der Waals surface area contributed by atoms with E-state index in [0.717, 1.165) is 31.1 Å². The van der Waals surface area contributed by atoms with E-state index in [-0.39, 0.29) is 11.8 Å². The summed E-state index contributed by atoms with van der Waals surface area (Å²) >= 11 is 1.92. The van der Waals surface area contributed by atoms with Gasteiger partial charge in [0.2, 0.25) is 11.8 Å². The lowest BCUT2D eigenvalue weighted by atomic mass is 10.2. The van der Waals surface area contributed by atoms with Crippen molar-refractivity contribution in [3.05, 3.63) is 0 Å². The Labute approximate surface area is 142 Å². The average Bonchev–Trinajstić information content (AvgIpc) is 3.09. The summed E-state index contributed by atoms with van der Waals surface area (Å²) in [7, 11) is 0. The fourth-order valence-electron chi connectivity index (χ4n) is 3.53. The predicted molar refractivity (Wildman–Crippen MR) is 92.6 cm³/mol. The van der Waals surface area contributed by atoms with E-state index in [0.29, 0.717) is 45.2 Å². The largest absolute Gasteiger partial charge is 0.339 e. The van der Waals surface area contributed by atoms with Gasteiger partial charge >= 0.3 is 0 Å². The molecule has 0 aliphatic carbocycles. The number of nitrogens with zero attached hydrogens (tertiary/aromatic N) is 3. The molecule has 1 atom stereocenters. The molecule has 130 valence electrons. The van der Waals surface area contributed by atoms with Crippen LogP contribution in [0.2, 0.25) is 0 Å². The summed E-state index contributed by atoms with van der Waals surface area (Å²) in [6.45, 7) is 6.40. The summed E-state index contributed by atoms with van der Waals surface area (Å²) in [5.41, 5.74) is 0. The van der Waals surface area contributed by atoms with E-state index in [1.54, 1.807) is 0 Å². The van der Waals surface area contributed by atoms with Gasteiger partial charge in [-0.2, -0.15) is 11.8 Å². The van der Waals surface area contributed by atoms with Crippen molar-refractivity contribution in [3.63, 3.8) is 0 Å². The Morgan fingerprint density at radius 3 is 2.22 bits per heavy atom. The van der Waals surface area contributed by atoms with Gasteiger partial charge in [0, 0.05) is 56.7 Å². The Balaban J connectivity index is 1.38. The predicted octanol–water partition coefficient (Wildman–Crippen LogP) is -0.152. The molecule has 0 radical (unpaired) electrons. The Morgan fingerprint density at radius 1 is 0.957 bits per heavy atom. The lowest BCUT2D eigenvalue weighted by Gasteiger charge is -2.36. The molecule has 0 spiro atoms. The molecular weight excluding hydrogens is 312 g/mol. The van der Waals surface area contributed by atoms with Gasteiger partial charge in [0.1, 0.15) is 0 Å². The van der Waals surface area contributed by atoms with Crippen LogP contribution < -0.4 is 5.32 Å². The summed E-state index contributed by atoms with van der Waals surface area (Å²) in [6.07, 6.45) is 3.01. The first-order valence-corrected chi connectivity index (χ1v) is 9.97. The van der Waals surface area contributed by atoms with Crippen LogP contribution in [0, 0.1) is 0 Å². The number of rotatable bonds is 4. The van der Waals surface area contributed by atoms with Crippen LogP contribution >= 0.6 is 11.8 Å². The molecule has 6 nitrogen and oxygen atoms in total. The minimum absolute atomic E-state index is 0.226. The lowest BCUT2D eigenvalue weighted by Crippen LogP contribution is -2.53. The van der Waals surface area contributed by atoms with Crippen molar-refractivity contribution < 1.29 is 9.59 Å². The zero-order valence-corrected chi connectivity index (χ0v) is 14.7. The Hall–Kier alpha value is -0.790. The minimum Gasteiger partial charge on any atom is -0.339 e. The van der Waals surface area contributed by atoms with Crippen molar-refractivity contribution >= 4 is 23.6 Å². The summed E-state index contributed by atoms with van der Waals surface area (Å²) in [5.74, 6) is 2.63. The highest BCUT2D eigenvalue weighted by Gasteiger charge is 2.27. The Kier molecular flexibility index (Phi) is 6.19. The van der Waals surface area contributed by atoms with Crippen LogP contribution in [0.1, 0.15) is 19.3 Å². The number of nitrogens with one attached hydrogen (secondary N) is 1. The summed E-state index contributed by atoms with van der Waals surface area (Å²) in [5, 5.41) is 3.42. The zero-order chi connectivity index (χ0) is 16.1. The van der Waals surface area contributed by atoms with Crippen LogP contribution in [0.15, 0.2) is 0 Å². The number of hydrogen-bond donors (Lipinski definition) is 1. The molecule has 7 heteroatoms.